The summed E-state index contributed by atoms with van der Waals surface area (Å²) in [6.07, 6.45) is 6.74. The van der Waals surface area contributed by atoms with Crippen molar-refractivity contribution in [3.8, 4) is 5.75 Å². The van der Waals surface area contributed by atoms with Crippen LogP contribution < -0.4 is 15.8 Å². The summed E-state index contributed by atoms with van der Waals surface area (Å²) in [5, 5.41) is 7.78. The Morgan fingerprint density at radius 3 is 2.71 bits per heavy atom. The third kappa shape index (κ3) is 6.82. The van der Waals surface area contributed by atoms with Crippen LogP contribution in [0.15, 0.2) is 60.0 Å². The lowest BCUT2D eigenvalue weighted by Gasteiger charge is -2.25. The topological polar surface area (TPSA) is 97.9 Å². The van der Waals surface area contributed by atoms with Gasteiger partial charge in [-0.3, -0.25) is 4.90 Å². The summed E-state index contributed by atoms with van der Waals surface area (Å²) in [6.45, 7) is 4.07. The van der Waals surface area contributed by atoms with Gasteiger partial charge in [-0.05, 0) is 49.7 Å². The minimum absolute atomic E-state index is 0.301. The molecule has 0 unspecified atom stereocenters. The van der Waals surface area contributed by atoms with Gasteiger partial charge in [-0.2, -0.15) is 0 Å². The van der Waals surface area contributed by atoms with Gasteiger partial charge in [0.25, 0.3) is 0 Å². The number of nitrogens with two attached hydrogens (primary N) is 1. The molecule has 0 amide bonds. The molecule has 0 aliphatic carbocycles. The van der Waals surface area contributed by atoms with Crippen LogP contribution in [0, 0.1) is 0 Å². The number of aromatic nitrogens is 2. The molecule has 0 atom stereocenters. The fourth-order valence-electron chi connectivity index (χ4n) is 3.70. The van der Waals surface area contributed by atoms with Crippen molar-refractivity contribution in [2.24, 2.45) is 5.16 Å². The minimum Gasteiger partial charge on any atom is -0.487 e. The van der Waals surface area contributed by atoms with Gasteiger partial charge >= 0.3 is 0 Å². The molecule has 4 rings (SSSR count). The van der Waals surface area contributed by atoms with Crippen LogP contribution in [0.25, 0.3) is 0 Å². The number of anilines is 3. The van der Waals surface area contributed by atoms with Gasteiger partial charge in [0.2, 0.25) is 0 Å². The van der Waals surface area contributed by atoms with E-state index in [4.69, 9.17) is 26.9 Å². The molecule has 0 spiro atoms. The predicted molar refractivity (Wildman–Crippen MR) is 136 cm³/mol. The maximum Gasteiger partial charge on any atom is 0.144 e. The first-order valence-corrected chi connectivity index (χ1v) is 11.8. The average Bonchev–Trinajstić information content (AvgIpc) is 2.86. The van der Waals surface area contributed by atoms with Crippen molar-refractivity contribution in [3.63, 3.8) is 0 Å². The van der Waals surface area contributed by atoms with Crippen molar-refractivity contribution in [1.29, 1.82) is 0 Å². The Balaban J connectivity index is 1.35. The third-order valence-corrected chi connectivity index (χ3v) is 5.85. The van der Waals surface area contributed by atoms with E-state index in [1.165, 1.54) is 31.8 Å². The fraction of sp³-hybridized carbons (Fsp3) is 0.320. The average molecular weight is 481 g/mol. The summed E-state index contributed by atoms with van der Waals surface area (Å²) in [6, 6.07) is 15.4. The SMILES string of the molecule is Nc1ncnc(Nc2ccc(OCc3ccccc3)c(Cl)c2)c1C=NOCCN1CCCCC1. The molecule has 0 bridgehead atoms. The quantitative estimate of drug-likeness (QED) is 0.242. The summed E-state index contributed by atoms with van der Waals surface area (Å²) in [4.78, 5) is 16.2. The van der Waals surface area contributed by atoms with Crippen LogP contribution in [0.2, 0.25) is 5.02 Å². The number of benzene rings is 2. The van der Waals surface area contributed by atoms with E-state index in [-0.39, 0.29) is 0 Å². The van der Waals surface area contributed by atoms with Crippen LogP contribution >= 0.6 is 11.6 Å². The Kier molecular flexibility index (Phi) is 8.54. The number of rotatable bonds is 10. The summed E-state index contributed by atoms with van der Waals surface area (Å²) in [5.74, 6) is 1.40. The van der Waals surface area contributed by atoms with Crippen LogP contribution in [-0.4, -0.2) is 47.3 Å². The normalized spacial score (nSPS) is 14.3. The third-order valence-electron chi connectivity index (χ3n) is 5.55. The summed E-state index contributed by atoms with van der Waals surface area (Å²) in [7, 11) is 0. The van der Waals surface area contributed by atoms with Gasteiger partial charge in [0.1, 0.15) is 36.9 Å². The van der Waals surface area contributed by atoms with E-state index >= 15 is 0 Å². The van der Waals surface area contributed by atoms with Crippen LogP contribution in [-0.2, 0) is 11.4 Å². The number of hydrogen-bond donors (Lipinski definition) is 2. The number of nitrogens with one attached hydrogen (secondary N) is 1. The molecule has 1 aliphatic heterocycles. The van der Waals surface area contributed by atoms with Gasteiger partial charge in [0.15, 0.2) is 0 Å². The molecule has 1 fully saturated rings. The molecule has 3 aromatic rings. The second-order valence-corrected chi connectivity index (χ2v) is 8.44. The molecule has 0 radical (unpaired) electrons. The van der Waals surface area contributed by atoms with Crippen molar-refractivity contribution in [3.05, 3.63) is 71.0 Å². The highest BCUT2D eigenvalue weighted by Gasteiger charge is 2.11. The summed E-state index contributed by atoms with van der Waals surface area (Å²) in [5.41, 5.74) is 8.41. The fourth-order valence-corrected chi connectivity index (χ4v) is 3.93. The molecule has 1 aromatic heterocycles. The molecular formula is C25H29ClN6O2. The molecule has 178 valence electrons. The number of oxime groups is 1. The van der Waals surface area contributed by atoms with E-state index in [1.54, 1.807) is 6.07 Å². The monoisotopic (exact) mass is 480 g/mol. The van der Waals surface area contributed by atoms with Gasteiger partial charge in [-0.25, -0.2) is 9.97 Å². The molecule has 2 heterocycles. The number of ether oxygens (including phenoxy) is 1. The van der Waals surface area contributed by atoms with Gasteiger partial charge in [0, 0.05) is 12.2 Å². The largest absolute Gasteiger partial charge is 0.487 e. The van der Waals surface area contributed by atoms with E-state index in [0.717, 1.165) is 30.9 Å². The summed E-state index contributed by atoms with van der Waals surface area (Å²) >= 11 is 6.44. The first kappa shape index (κ1) is 23.8. The standard InChI is InChI=1S/C25H29ClN6O2/c26-22-15-20(9-10-23(22)33-17-19-7-3-1-4-8-19)31-25-21(24(27)28-18-29-25)16-30-34-14-13-32-11-5-2-6-12-32/h1,3-4,7-10,15-16,18H,2,5-6,11-14,17H2,(H3,27,28,29,31). The van der Waals surface area contributed by atoms with Crippen LogP contribution in [0.4, 0.5) is 17.3 Å². The van der Waals surface area contributed by atoms with E-state index in [2.05, 4.69) is 25.3 Å². The number of likely N-dealkylation sites (tertiary alicyclic amines) is 1. The van der Waals surface area contributed by atoms with Crippen molar-refractivity contribution in [2.75, 3.05) is 37.3 Å². The Morgan fingerprint density at radius 1 is 1.09 bits per heavy atom. The molecule has 0 saturated carbocycles. The van der Waals surface area contributed by atoms with E-state index in [9.17, 15) is 0 Å². The molecule has 34 heavy (non-hydrogen) atoms. The number of hydrogen-bond acceptors (Lipinski definition) is 8. The van der Waals surface area contributed by atoms with Crippen LogP contribution in [0.1, 0.15) is 30.4 Å². The van der Waals surface area contributed by atoms with Gasteiger partial charge in [0.05, 0.1) is 16.8 Å². The maximum absolute atomic E-state index is 6.44. The second-order valence-electron chi connectivity index (χ2n) is 8.04. The molecule has 8 nitrogen and oxygen atoms in total. The van der Waals surface area contributed by atoms with Gasteiger partial charge < -0.3 is 20.6 Å². The molecule has 3 N–H and O–H groups in total. The van der Waals surface area contributed by atoms with Crippen molar-refractivity contribution < 1.29 is 9.57 Å². The van der Waals surface area contributed by atoms with Gasteiger partial charge in [-0.1, -0.05) is 53.5 Å². The van der Waals surface area contributed by atoms with E-state index < -0.39 is 0 Å². The zero-order valence-electron chi connectivity index (χ0n) is 19.0. The Morgan fingerprint density at radius 2 is 1.91 bits per heavy atom. The molecule has 2 aromatic carbocycles. The lowest BCUT2D eigenvalue weighted by Crippen LogP contribution is -2.32. The highest BCUT2D eigenvalue weighted by atomic mass is 35.5. The van der Waals surface area contributed by atoms with Crippen molar-refractivity contribution in [2.45, 2.75) is 25.9 Å². The Labute approximate surface area is 204 Å². The lowest BCUT2D eigenvalue weighted by atomic mass is 10.1. The molecular weight excluding hydrogens is 452 g/mol. The lowest BCUT2D eigenvalue weighted by molar-refractivity contribution is 0.103. The van der Waals surface area contributed by atoms with Crippen LogP contribution in [0.5, 0.6) is 5.75 Å². The zero-order valence-corrected chi connectivity index (χ0v) is 19.7. The number of nitrogen functional groups attached to an aromatic ring is 1. The molecule has 1 aliphatic rings. The maximum atomic E-state index is 6.44. The van der Waals surface area contributed by atoms with Crippen LogP contribution in [0.3, 0.4) is 0 Å². The van der Waals surface area contributed by atoms with Crippen molar-refractivity contribution >= 4 is 35.1 Å². The number of piperidine rings is 1. The van der Waals surface area contributed by atoms with Gasteiger partial charge in [-0.15, -0.1) is 0 Å². The Bertz CT molecular complexity index is 1090. The van der Waals surface area contributed by atoms with Crippen molar-refractivity contribution in [1.82, 2.24) is 14.9 Å². The zero-order chi connectivity index (χ0) is 23.6. The highest BCUT2D eigenvalue weighted by Crippen LogP contribution is 2.30. The predicted octanol–water partition coefficient (Wildman–Crippen LogP) is 4.87. The minimum atomic E-state index is 0.301. The molecule has 9 heteroatoms. The van der Waals surface area contributed by atoms with E-state index in [0.29, 0.717) is 41.2 Å². The summed E-state index contributed by atoms with van der Waals surface area (Å²) < 4.78 is 5.84. The smallest absolute Gasteiger partial charge is 0.144 e. The highest BCUT2D eigenvalue weighted by molar-refractivity contribution is 6.32. The molecule has 1 saturated heterocycles. The second kappa shape index (κ2) is 12.2. The number of halogens is 1. The van der Waals surface area contributed by atoms with E-state index in [1.807, 2.05) is 42.5 Å². The first-order valence-electron chi connectivity index (χ1n) is 11.4. The number of nitrogens with zero attached hydrogens (tertiary/aromatic N) is 4. The Hall–Kier alpha value is -3.36. The first-order chi connectivity index (χ1) is 16.7.